The number of nitrogens with zero attached hydrogens (tertiary/aromatic N) is 1. The molecule has 0 aromatic carbocycles. The maximum Gasteiger partial charge on any atom is 0.315 e. The van der Waals surface area contributed by atoms with Crippen LogP contribution in [0.1, 0.15) is 27.2 Å². The molecule has 0 aliphatic carbocycles. The van der Waals surface area contributed by atoms with E-state index in [1.165, 1.54) is 11.8 Å². The van der Waals surface area contributed by atoms with Gasteiger partial charge in [-0.1, -0.05) is 6.92 Å². The SMILES string of the molecule is CCOC(=O)CSC(CC)C(C)[N+](=O)[O-]. The molecule has 6 heteroatoms. The van der Waals surface area contributed by atoms with Gasteiger partial charge in [-0.3, -0.25) is 14.9 Å². The second kappa shape index (κ2) is 7.50. The third-order valence-electron chi connectivity index (χ3n) is 1.99. The van der Waals surface area contributed by atoms with Crippen molar-refractivity contribution in [1.82, 2.24) is 0 Å². The molecule has 0 fully saturated rings. The average Bonchev–Trinajstić information content (AvgIpc) is 2.18. The molecule has 0 heterocycles. The van der Waals surface area contributed by atoms with Gasteiger partial charge in [0.15, 0.2) is 0 Å². The highest BCUT2D eigenvalue weighted by atomic mass is 32.2. The van der Waals surface area contributed by atoms with Gasteiger partial charge in [-0.2, -0.15) is 0 Å². The number of hydrogen-bond donors (Lipinski definition) is 0. The first-order chi connectivity index (χ1) is 7.02. The van der Waals surface area contributed by atoms with Crippen molar-refractivity contribution in [3.8, 4) is 0 Å². The van der Waals surface area contributed by atoms with E-state index in [1.54, 1.807) is 13.8 Å². The Bertz CT molecular complexity index is 222. The summed E-state index contributed by atoms with van der Waals surface area (Å²) in [7, 11) is 0. The minimum Gasteiger partial charge on any atom is -0.465 e. The number of nitro groups is 1. The number of ether oxygens (including phenoxy) is 1. The summed E-state index contributed by atoms with van der Waals surface area (Å²) < 4.78 is 4.75. The molecule has 0 rings (SSSR count). The second-order valence-corrected chi connectivity index (χ2v) is 4.32. The summed E-state index contributed by atoms with van der Waals surface area (Å²) >= 11 is 1.29. The molecule has 0 aliphatic heterocycles. The molecule has 0 spiro atoms. The van der Waals surface area contributed by atoms with Crippen molar-refractivity contribution >= 4 is 17.7 Å². The van der Waals surface area contributed by atoms with E-state index in [9.17, 15) is 14.9 Å². The van der Waals surface area contributed by atoms with Crippen molar-refractivity contribution in [3.05, 3.63) is 10.1 Å². The Balaban J connectivity index is 4.00. The van der Waals surface area contributed by atoms with Gasteiger partial charge in [-0.25, -0.2) is 0 Å². The lowest BCUT2D eigenvalue weighted by Gasteiger charge is -2.15. The molecule has 0 radical (unpaired) electrons. The predicted octanol–water partition coefficient (Wildman–Crippen LogP) is 1.73. The minimum absolute atomic E-state index is 0.135. The van der Waals surface area contributed by atoms with Gasteiger partial charge < -0.3 is 4.74 Å². The zero-order valence-corrected chi connectivity index (χ0v) is 10.1. The van der Waals surface area contributed by atoms with Gasteiger partial charge in [0.05, 0.1) is 17.6 Å². The van der Waals surface area contributed by atoms with E-state index in [2.05, 4.69) is 0 Å². The highest BCUT2D eigenvalue weighted by Gasteiger charge is 2.26. The van der Waals surface area contributed by atoms with Gasteiger partial charge in [-0.15, -0.1) is 11.8 Å². The lowest BCUT2D eigenvalue weighted by atomic mass is 10.2. The second-order valence-electron chi connectivity index (χ2n) is 3.09. The standard InChI is InChI=1S/C9H17NO4S/c1-4-8(7(3)10(12)13)15-6-9(11)14-5-2/h7-8H,4-6H2,1-3H3. The van der Waals surface area contributed by atoms with Gasteiger partial charge in [0, 0.05) is 11.8 Å². The smallest absolute Gasteiger partial charge is 0.315 e. The molecule has 15 heavy (non-hydrogen) atoms. The average molecular weight is 235 g/mol. The summed E-state index contributed by atoms with van der Waals surface area (Å²) in [6, 6.07) is -0.630. The molecule has 88 valence electrons. The van der Waals surface area contributed by atoms with E-state index in [-0.39, 0.29) is 21.9 Å². The number of hydrogen-bond acceptors (Lipinski definition) is 5. The third kappa shape index (κ3) is 5.61. The van der Waals surface area contributed by atoms with Crippen molar-refractivity contribution in [2.24, 2.45) is 0 Å². The fraction of sp³-hybridized carbons (Fsp3) is 0.889. The highest BCUT2D eigenvalue weighted by molar-refractivity contribution is 8.00. The molecule has 0 aromatic rings. The van der Waals surface area contributed by atoms with Crippen molar-refractivity contribution in [2.45, 2.75) is 38.5 Å². The molecule has 0 saturated carbocycles. The Hall–Kier alpha value is -0.780. The lowest BCUT2D eigenvalue weighted by Crippen LogP contribution is -2.28. The topological polar surface area (TPSA) is 69.4 Å². The summed E-state index contributed by atoms with van der Waals surface area (Å²) in [5.41, 5.74) is 0. The molecular formula is C9H17NO4S. The molecule has 0 aromatic heterocycles. The maximum atomic E-state index is 11.0. The summed E-state index contributed by atoms with van der Waals surface area (Å²) in [6.45, 7) is 5.52. The van der Waals surface area contributed by atoms with Crippen molar-refractivity contribution in [1.29, 1.82) is 0 Å². The Kier molecular flexibility index (Phi) is 7.11. The molecular weight excluding hydrogens is 218 g/mol. The van der Waals surface area contributed by atoms with Crippen LogP contribution < -0.4 is 0 Å². The van der Waals surface area contributed by atoms with Crippen LogP contribution in [-0.4, -0.2) is 34.5 Å². The summed E-state index contributed by atoms with van der Waals surface area (Å²) in [5.74, 6) is -0.124. The van der Waals surface area contributed by atoms with Crippen LogP contribution in [0.5, 0.6) is 0 Å². The Morgan fingerprint density at radius 1 is 1.53 bits per heavy atom. The molecule has 0 amide bonds. The van der Waals surface area contributed by atoms with Crippen LogP contribution >= 0.6 is 11.8 Å². The largest absolute Gasteiger partial charge is 0.465 e. The molecule has 0 bridgehead atoms. The van der Waals surface area contributed by atoms with E-state index in [0.29, 0.717) is 13.0 Å². The zero-order chi connectivity index (χ0) is 11.8. The van der Waals surface area contributed by atoms with Gasteiger partial charge >= 0.3 is 5.97 Å². The van der Waals surface area contributed by atoms with Crippen molar-refractivity contribution < 1.29 is 14.5 Å². The van der Waals surface area contributed by atoms with E-state index in [4.69, 9.17) is 4.74 Å². The number of thioether (sulfide) groups is 1. The molecule has 0 aliphatic rings. The number of carbonyl (C=O) groups is 1. The predicted molar refractivity (Wildman–Crippen MR) is 59.6 cm³/mol. The van der Waals surface area contributed by atoms with Crippen LogP contribution in [0.15, 0.2) is 0 Å². The van der Waals surface area contributed by atoms with Gasteiger partial charge in [-0.05, 0) is 13.3 Å². The van der Waals surface area contributed by atoms with Crippen LogP contribution in [0.25, 0.3) is 0 Å². The fourth-order valence-corrected chi connectivity index (χ4v) is 2.16. The maximum absolute atomic E-state index is 11.0. The number of carbonyl (C=O) groups excluding carboxylic acids is 1. The van der Waals surface area contributed by atoms with Gasteiger partial charge in [0.1, 0.15) is 0 Å². The van der Waals surface area contributed by atoms with E-state index >= 15 is 0 Å². The third-order valence-corrected chi connectivity index (χ3v) is 3.55. The van der Waals surface area contributed by atoms with E-state index < -0.39 is 6.04 Å². The van der Waals surface area contributed by atoms with Crippen LogP contribution in [0, 0.1) is 10.1 Å². The Morgan fingerprint density at radius 2 is 2.13 bits per heavy atom. The fourth-order valence-electron chi connectivity index (χ4n) is 1.11. The summed E-state index contributed by atoms with van der Waals surface area (Å²) in [5, 5.41) is 10.4. The van der Waals surface area contributed by atoms with Crippen molar-refractivity contribution in [3.63, 3.8) is 0 Å². The van der Waals surface area contributed by atoms with Crippen LogP contribution in [-0.2, 0) is 9.53 Å². The minimum atomic E-state index is -0.630. The van der Waals surface area contributed by atoms with E-state index in [1.807, 2.05) is 6.92 Å². The van der Waals surface area contributed by atoms with Crippen LogP contribution in [0.3, 0.4) is 0 Å². The monoisotopic (exact) mass is 235 g/mol. The Labute approximate surface area is 93.7 Å². The van der Waals surface area contributed by atoms with Crippen LogP contribution in [0.2, 0.25) is 0 Å². The summed E-state index contributed by atoms with van der Waals surface area (Å²) in [6.07, 6.45) is 0.673. The van der Waals surface area contributed by atoms with Crippen LogP contribution in [0.4, 0.5) is 0 Å². The molecule has 5 nitrogen and oxygen atoms in total. The lowest BCUT2D eigenvalue weighted by molar-refractivity contribution is -0.517. The molecule has 0 saturated heterocycles. The normalized spacial score (nSPS) is 14.3. The number of rotatable bonds is 7. The van der Waals surface area contributed by atoms with E-state index in [0.717, 1.165) is 0 Å². The molecule has 2 atom stereocenters. The zero-order valence-electron chi connectivity index (χ0n) is 9.26. The first-order valence-electron chi connectivity index (χ1n) is 4.93. The summed E-state index contributed by atoms with van der Waals surface area (Å²) in [4.78, 5) is 21.3. The number of esters is 1. The first-order valence-corrected chi connectivity index (χ1v) is 5.98. The molecule has 0 N–H and O–H groups in total. The first kappa shape index (κ1) is 14.2. The van der Waals surface area contributed by atoms with Gasteiger partial charge in [0.25, 0.3) is 0 Å². The van der Waals surface area contributed by atoms with Crippen molar-refractivity contribution in [2.75, 3.05) is 12.4 Å². The highest BCUT2D eigenvalue weighted by Crippen LogP contribution is 2.20. The molecule has 2 unspecified atom stereocenters. The quantitative estimate of drug-likeness (QED) is 0.382. The van der Waals surface area contributed by atoms with Gasteiger partial charge in [0.2, 0.25) is 6.04 Å². The Morgan fingerprint density at radius 3 is 2.53 bits per heavy atom.